The molecule has 0 saturated carbocycles. The van der Waals surface area contributed by atoms with E-state index in [0.29, 0.717) is 11.3 Å². The Morgan fingerprint density at radius 3 is 2.61 bits per heavy atom. The van der Waals surface area contributed by atoms with Gasteiger partial charge in [0.05, 0.1) is 18.0 Å². The van der Waals surface area contributed by atoms with Crippen LogP contribution < -0.4 is 5.48 Å². The number of likely N-dealkylation sites (N-methyl/N-ethyl adjacent to an activating group) is 1. The molecule has 0 aliphatic heterocycles. The normalized spacial score (nSPS) is 11.1. The van der Waals surface area contributed by atoms with E-state index in [2.05, 4.69) is 0 Å². The van der Waals surface area contributed by atoms with Gasteiger partial charge in [-0.1, -0.05) is 12.1 Å². The van der Waals surface area contributed by atoms with Crippen molar-refractivity contribution in [3.63, 3.8) is 0 Å². The van der Waals surface area contributed by atoms with Crippen LogP contribution in [0.25, 0.3) is 0 Å². The number of nitrogens with zero attached hydrogens (tertiary/aromatic N) is 1. The third kappa shape index (κ3) is 4.59. The van der Waals surface area contributed by atoms with Gasteiger partial charge in [-0.25, -0.2) is 12.7 Å². The summed E-state index contributed by atoms with van der Waals surface area (Å²) in [5, 5.41) is 17.4. The van der Waals surface area contributed by atoms with Crippen LogP contribution in [-0.2, 0) is 15.8 Å². The molecule has 0 atom stereocenters. The first kappa shape index (κ1) is 16.8. The molecule has 0 saturated heterocycles. The quantitative estimate of drug-likeness (QED) is 0.601. The van der Waals surface area contributed by atoms with Crippen molar-refractivity contribution in [1.82, 2.24) is 4.31 Å². The fraction of sp³-hybridized carbons (Fsp3) is 0.400. The van der Waals surface area contributed by atoms with E-state index in [1.54, 1.807) is 24.3 Å². The van der Waals surface area contributed by atoms with E-state index < -0.39 is 10.0 Å². The molecule has 0 unspecified atom stereocenters. The molecule has 0 aliphatic carbocycles. The molecule has 1 aromatic rings. The summed E-state index contributed by atoms with van der Waals surface area (Å²) in [5.41, 5.74) is 2.96. The van der Waals surface area contributed by atoms with Gasteiger partial charge in [-0.3, -0.25) is 10.7 Å². The first-order valence-corrected chi connectivity index (χ1v) is 6.64. The SMILES string of the molecule is CN(CCO)S(=O)(=O)Cc1cccc(NO)c1.O. The Morgan fingerprint density at radius 2 is 2.06 bits per heavy atom. The molecule has 104 valence electrons. The predicted octanol–water partition coefficient (Wildman–Crippen LogP) is -0.583. The van der Waals surface area contributed by atoms with Crippen LogP contribution in [0.5, 0.6) is 0 Å². The minimum absolute atomic E-state index is 0. The highest BCUT2D eigenvalue weighted by Gasteiger charge is 2.17. The van der Waals surface area contributed by atoms with Crippen LogP contribution in [0.15, 0.2) is 24.3 Å². The van der Waals surface area contributed by atoms with Gasteiger partial charge < -0.3 is 10.6 Å². The molecule has 18 heavy (non-hydrogen) atoms. The highest BCUT2D eigenvalue weighted by atomic mass is 32.2. The van der Waals surface area contributed by atoms with Crippen molar-refractivity contribution in [2.45, 2.75) is 5.75 Å². The Hall–Kier alpha value is -1.19. The number of rotatable bonds is 6. The van der Waals surface area contributed by atoms with Crippen LogP contribution in [0.3, 0.4) is 0 Å². The molecule has 1 rings (SSSR count). The lowest BCUT2D eigenvalue weighted by molar-refractivity contribution is 0.266. The molecule has 0 aliphatic rings. The van der Waals surface area contributed by atoms with Crippen LogP contribution in [0.1, 0.15) is 5.56 Å². The van der Waals surface area contributed by atoms with E-state index in [9.17, 15) is 8.42 Å². The highest BCUT2D eigenvalue weighted by Crippen LogP contribution is 2.14. The van der Waals surface area contributed by atoms with Gasteiger partial charge in [-0.05, 0) is 17.7 Å². The van der Waals surface area contributed by atoms with Gasteiger partial charge in [0.15, 0.2) is 0 Å². The average molecular weight is 278 g/mol. The zero-order chi connectivity index (χ0) is 12.9. The molecule has 0 amide bonds. The summed E-state index contributed by atoms with van der Waals surface area (Å²) in [4.78, 5) is 0. The van der Waals surface area contributed by atoms with Crippen molar-refractivity contribution in [1.29, 1.82) is 0 Å². The summed E-state index contributed by atoms with van der Waals surface area (Å²) in [6.45, 7) is -0.145. The first-order valence-electron chi connectivity index (χ1n) is 5.03. The number of benzene rings is 1. The van der Waals surface area contributed by atoms with Crippen LogP contribution in [0.4, 0.5) is 5.69 Å². The van der Waals surface area contributed by atoms with Crippen molar-refractivity contribution < 1.29 is 24.2 Å². The second-order valence-electron chi connectivity index (χ2n) is 3.61. The lowest BCUT2D eigenvalue weighted by Gasteiger charge is -2.15. The lowest BCUT2D eigenvalue weighted by Crippen LogP contribution is -2.30. The summed E-state index contributed by atoms with van der Waals surface area (Å²) in [7, 11) is -2.02. The summed E-state index contributed by atoms with van der Waals surface area (Å²) in [6.07, 6.45) is 0. The van der Waals surface area contributed by atoms with Gasteiger partial charge in [0.2, 0.25) is 10.0 Å². The van der Waals surface area contributed by atoms with Gasteiger partial charge in [-0.15, -0.1) is 0 Å². The molecule has 1 aromatic carbocycles. The van der Waals surface area contributed by atoms with Gasteiger partial charge in [0, 0.05) is 13.6 Å². The van der Waals surface area contributed by atoms with Crippen LogP contribution >= 0.6 is 0 Å². The zero-order valence-corrected chi connectivity index (χ0v) is 10.8. The predicted molar refractivity (Wildman–Crippen MR) is 67.8 cm³/mol. The molecule has 0 heterocycles. The van der Waals surface area contributed by atoms with E-state index in [4.69, 9.17) is 10.3 Å². The fourth-order valence-electron chi connectivity index (χ4n) is 1.33. The molecule has 0 aromatic heterocycles. The van der Waals surface area contributed by atoms with Crippen molar-refractivity contribution in [3.05, 3.63) is 29.8 Å². The van der Waals surface area contributed by atoms with E-state index >= 15 is 0 Å². The van der Waals surface area contributed by atoms with Gasteiger partial charge >= 0.3 is 0 Å². The second kappa shape index (κ2) is 7.29. The molecule has 0 fully saturated rings. The van der Waals surface area contributed by atoms with Crippen LogP contribution in [0, 0.1) is 0 Å². The summed E-state index contributed by atoms with van der Waals surface area (Å²) >= 11 is 0. The standard InChI is InChI=1S/C10H16N2O4S.H2O/c1-12(5-6-13)17(15,16)8-9-3-2-4-10(7-9)11-14;/h2-4,7,11,13-14H,5-6,8H2,1H3;1H2. The summed E-state index contributed by atoms with van der Waals surface area (Å²) < 4.78 is 24.7. The number of hydrogen-bond donors (Lipinski definition) is 3. The molecule has 7 nitrogen and oxygen atoms in total. The number of hydrogen-bond acceptors (Lipinski definition) is 5. The van der Waals surface area contributed by atoms with E-state index in [-0.39, 0.29) is 24.4 Å². The third-order valence-corrected chi connectivity index (χ3v) is 4.13. The van der Waals surface area contributed by atoms with E-state index in [0.717, 1.165) is 4.31 Å². The third-order valence-electron chi connectivity index (χ3n) is 2.29. The first-order chi connectivity index (χ1) is 7.99. The average Bonchev–Trinajstić information content (AvgIpc) is 2.29. The fourth-order valence-corrected chi connectivity index (χ4v) is 2.51. The maximum Gasteiger partial charge on any atom is 0.218 e. The smallest absolute Gasteiger partial charge is 0.218 e. The van der Waals surface area contributed by atoms with Crippen molar-refractivity contribution in [2.75, 3.05) is 25.7 Å². The highest BCUT2D eigenvalue weighted by molar-refractivity contribution is 7.88. The maximum atomic E-state index is 11.8. The molecule has 8 heteroatoms. The minimum Gasteiger partial charge on any atom is -0.412 e. The Morgan fingerprint density at radius 1 is 1.39 bits per heavy atom. The Kier molecular flexibility index (Phi) is 6.81. The molecule has 0 spiro atoms. The molecule has 5 N–H and O–H groups in total. The van der Waals surface area contributed by atoms with Crippen molar-refractivity contribution in [3.8, 4) is 0 Å². The Balaban J connectivity index is 0.00000289. The van der Waals surface area contributed by atoms with Crippen LogP contribution in [-0.4, -0.2) is 48.7 Å². The number of aliphatic hydroxyl groups is 1. The monoisotopic (exact) mass is 278 g/mol. The van der Waals surface area contributed by atoms with Crippen molar-refractivity contribution >= 4 is 15.7 Å². The van der Waals surface area contributed by atoms with Crippen LogP contribution in [0.2, 0.25) is 0 Å². The molecular weight excluding hydrogens is 260 g/mol. The van der Waals surface area contributed by atoms with Gasteiger partial charge in [-0.2, -0.15) is 0 Å². The van der Waals surface area contributed by atoms with E-state index in [1.807, 2.05) is 5.48 Å². The molecule has 0 bridgehead atoms. The van der Waals surface area contributed by atoms with Crippen molar-refractivity contribution in [2.24, 2.45) is 0 Å². The summed E-state index contributed by atoms with van der Waals surface area (Å²) in [5.74, 6) is -0.168. The maximum absolute atomic E-state index is 11.8. The topological polar surface area (TPSA) is 121 Å². The van der Waals surface area contributed by atoms with Gasteiger partial charge in [0.25, 0.3) is 0 Å². The van der Waals surface area contributed by atoms with E-state index in [1.165, 1.54) is 7.05 Å². The second-order valence-corrected chi connectivity index (χ2v) is 5.69. The molecule has 0 radical (unpaired) electrons. The number of aliphatic hydroxyl groups excluding tert-OH is 1. The molecular formula is C10H18N2O5S. The number of sulfonamides is 1. The Bertz CT molecular complexity index is 463. The largest absolute Gasteiger partial charge is 0.412 e. The Labute approximate surface area is 106 Å². The zero-order valence-electron chi connectivity index (χ0n) is 10.00. The number of anilines is 1. The minimum atomic E-state index is -3.44. The summed E-state index contributed by atoms with van der Waals surface area (Å²) in [6, 6.07) is 6.47. The lowest BCUT2D eigenvalue weighted by atomic mass is 10.2. The number of nitrogens with one attached hydrogen (secondary N) is 1. The van der Waals surface area contributed by atoms with Gasteiger partial charge in [0.1, 0.15) is 0 Å².